The van der Waals surface area contributed by atoms with Gasteiger partial charge in [-0.1, -0.05) is 0 Å². The van der Waals surface area contributed by atoms with Crippen LogP contribution < -0.4 is 0 Å². The molecular weight excluding hydrogens is 170 g/mol. The van der Waals surface area contributed by atoms with E-state index in [2.05, 4.69) is 4.98 Å². The molecule has 0 aliphatic rings. The number of hydrogen-bond acceptors (Lipinski definition) is 4. The summed E-state index contributed by atoms with van der Waals surface area (Å²) < 4.78 is 11.2. The Morgan fingerprint density at radius 1 is 1.80 bits per heavy atom. The van der Waals surface area contributed by atoms with Gasteiger partial charge in [0.05, 0.1) is 15.7 Å². The SMILES string of the molecule is CS(=O)c1ncc(C=O)s1. The monoisotopic (exact) mass is 175 g/mol. The molecule has 1 aromatic heterocycles. The lowest BCUT2D eigenvalue weighted by atomic mass is 10.6. The van der Waals surface area contributed by atoms with Gasteiger partial charge in [0.2, 0.25) is 0 Å². The average molecular weight is 175 g/mol. The van der Waals surface area contributed by atoms with Crippen LogP contribution in [0.2, 0.25) is 0 Å². The standard InChI is InChI=1S/C5H5NO2S2/c1-10(8)5-6-2-4(3-7)9-5/h2-3H,1H3. The van der Waals surface area contributed by atoms with E-state index in [1.807, 2.05) is 0 Å². The summed E-state index contributed by atoms with van der Waals surface area (Å²) in [6.45, 7) is 0. The van der Waals surface area contributed by atoms with Crippen molar-refractivity contribution in [2.45, 2.75) is 4.34 Å². The molecule has 0 aromatic carbocycles. The lowest BCUT2D eigenvalue weighted by molar-refractivity contribution is 0.112. The van der Waals surface area contributed by atoms with Crippen LogP contribution in [-0.2, 0) is 10.8 Å². The zero-order valence-corrected chi connectivity index (χ0v) is 6.87. The van der Waals surface area contributed by atoms with Crippen LogP contribution in [0.25, 0.3) is 0 Å². The molecule has 0 amide bonds. The first-order valence-electron chi connectivity index (χ1n) is 2.48. The molecule has 0 saturated heterocycles. The summed E-state index contributed by atoms with van der Waals surface area (Å²) in [7, 11) is -1.06. The molecule has 0 spiro atoms. The van der Waals surface area contributed by atoms with Gasteiger partial charge >= 0.3 is 0 Å². The molecule has 0 bridgehead atoms. The third-order valence-electron chi connectivity index (χ3n) is 0.864. The number of nitrogens with zero attached hydrogens (tertiary/aromatic N) is 1. The molecule has 0 N–H and O–H groups in total. The molecule has 1 aromatic rings. The van der Waals surface area contributed by atoms with Gasteiger partial charge in [-0.2, -0.15) is 0 Å². The van der Waals surface area contributed by atoms with Crippen LogP contribution in [-0.4, -0.2) is 21.7 Å². The second kappa shape index (κ2) is 3.03. The molecule has 0 radical (unpaired) electrons. The van der Waals surface area contributed by atoms with Crippen molar-refractivity contribution in [2.24, 2.45) is 0 Å². The highest BCUT2D eigenvalue weighted by molar-refractivity contribution is 7.86. The lowest BCUT2D eigenvalue weighted by Gasteiger charge is -1.80. The lowest BCUT2D eigenvalue weighted by Crippen LogP contribution is -1.82. The summed E-state index contributed by atoms with van der Waals surface area (Å²) in [5.74, 6) is 0. The van der Waals surface area contributed by atoms with Crippen molar-refractivity contribution in [3.8, 4) is 0 Å². The van der Waals surface area contributed by atoms with Gasteiger partial charge in [-0.05, 0) is 0 Å². The van der Waals surface area contributed by atoms with Crippen LogP contribution >= 0.6 is 11.3 Å². The van der Waals surface area contributed by atoms with Gasteiger partial charge in [-0.15, -0.1) is 11.3 Å². The quantitative estimate of drug-likeness (QED) is 0.621. The molecule has 0 aliphatic carbocycles. The molecular formula is C5H5NO2S2. The predicted octanol–water partition coefficient (Wildman–Crippen LogP) is 0.693. The van der Waals surface area contributed by atoms with Gasteiger partial charge in [-0.25, -0.2) is 4.98 Å². The normalized spacial score (nSPS) is 12.9. The molecule has 10 heavy (non-hydrogen) atoms. The maximum absolute atomic E-state index is 10.7. The van der Waals surface area contributed by atoms with Crippen molar-refractivity contribution in [3.05, 3.63) is 11.1 Å². The van der Waals surface area contributed by atoms with Gasteiger partial charge < -0.3 is 0 Å². The van der Waals surface area contributed by atoms with Crippen LogP contribution in [0.15, 0.2) is 10.5 Å². The minimum absolute atomic E-state index is 0.502. The maximum atomic E-state index is 10.7. The van der Waals surface area contributed by atoms with E-state index < -0.39 is 10.8 Å². The van der Waals surface area contributed by atoms with Crippen LogP contribution in [0.4, 0.5) is 0 Å². The molecule has 1 heterocycles. The smallest absolute Gasteiger partial charge is 0.181 e. The van der Waals surface area contributed by atoms with Crippen molar-refractivity contribution in [2.75, 3.05) is 6.26 Å². The average Bonchev–Trinajstić information content (AvgIpc) is 2.34. The second-order valence-electron chi connectivity index (χ2n) is 1.60. The number of carbonyl (C=O) groups is 1. The topological polar surface area (TPSA) is 47.0 Å². The van der Waals surface area contributed by atoms with Gasteiger partial charge in [0.1, 0.15) is 0 Å². The molecule has 1 atom stereocenters. The number of aromatic nitrogens is 1. The van der Waals surface area contributed by atoms with Gasteiger partial charge in [0.15, 0.2) is 10.6 Å². The fourth-order valence-electron chi connectivity index (χ4n) is 0.457. The molecule has 0 saturated carbocycles. The molecule has 0 fully saturated rings. The summed E-state index contributed by atoms with van der Waals surface area (Å²) in [5, 5.41) is 0. The van der Waals surface area contributed by atoms with Crippen molar-refractivity contribution in [3.63, 3.8) is 0 Å². The van der Waals surface area contributed by atoms with E-state index in [1.165, 1.54) is 12.5 Å². The zero-order valence-electron chi connectivity index (χ0n) is 5.23. The summed E-state index contributed by atoms with van der Waals surface area (Å²) in [6.07, 6.45) is 3.66. The summed E-state index contributed by atoms with van der Waals surface area (Å²) in [5.41, 5.74) is 0. The van der Waals surface area contributed by atoms with Crippen LogP contribution in [0.3, 0.4) is 0 Å². The van der Waals surface area contributed by atoms with E-state index in [0.29, 0.717) is 15.5 Å². The van der Waals surface area contributed by atoms with Gasteiger partial charge in [0.25, 0.3) is 0 Å². The Kier molecular flexibility index (Phi) is 2.29. The van der Waals surface area contributed by atoms with Crippen molar-refractivity contribution in [1.82, 2.24) is 4.98 Å². The number of hydrogen-bond donors (Lipinski definition) is 0. The first-order chi connectivity index (χ1) is 4.74. The Morgan fingerprint density at radius 3 is 2.80 bits per heavy atom. The number of aldehydes is 1. The Morgan fingerprint density at radius 2 is 2.50 bits per heavy atom. The largest absolute Gasteiger partial charge is 0.297 e. The van der Waals surface area contributed by atoms with Crippen molar-refractivity contribution in [1.29, 1.82) is 0 Å². The van der Waals surface area contributed by atoms with E-state index in [4.69, 9.17) is 0 Å². The highest BCUT2D eigenvalue weighted by atomic mass is 32.2. The highest BCUT2D eigenvalue weighted by Crippen LogP contribution is 2.12. The van der Waals surface area contributed by atoms with Crippen LogP contribution in [0.5, 0.6) is 0 Å². The fourth-order valence-corrected chi connectivity index (χ4v) is 1.88. The van der Waals surface area contributed by atoms with Gasteiger partial charge in [-0.3, -0.25) is 9.00 Å². The summed E-state index contributed by atoms with van der Waals surface area (Å²) in [6, 6.07) is 0. The minimum Gasteiger partial charge on any atom is -0.297 e. The molecule has 1 unspecified atom stereocenters. The Bertz CT molecular complexity index is 268. The van der Waals surface area contributed by atoms with E-state index in [1.54, 1.807) is 0 Å². The fraction of sp³-hybridized carbons (Fsp3) is 0.200. The summed E-state index contributed by atoms with van der Waals surface area (Å²) in [4.78, 5) is 14.4. The molecule has 1 rings (SSSR count). The van der Waals surface area contributed by atoms with E-state index >= 15 is 0 Å². The van der Waals surface area contributed by atoms with Crippen molar-refractivity contribution < 1.29 is 9.00 Å². The first kappa shape index (κ1) is 7.56. The molecule has 0 aliphatic heterocycles. The maximum Gasteiger partial charge on any atom is 0.181 e. The molecule has 54 valence electrons. The number of rotatable bonds is 2. The minimum atomic E-state index is -1.06. The molecule has 3 nitrogen and oxygen atoms in total. The van der Waals surface area contributed by atoms with Crippen molar-refractivity contribution >= 4 is 28.4 Å². The second-order valence-corrected chi connectivity index (χ2v) is 4.22. The van der Waals surface area contributed by atoms with E-state index in [-0.39, 0.29) is 0 Å². The van der Waals surface area contributed by atoms with Gasteiger partial charge in [0, 0.05) is 12.5 Å². The Balaban J connectivity index is 2.98. The molecule has 5 heteroatoms. The highest BCUT2D eigenvalue weighted by Gasteiger charge is 2.02. The third-order valence-corrected chi connectivity index (χ3v) is 3.13. The predicted molar refractivity (Wildman–Crippen MR) is 39.8 cm³/mol. The number of thiazole rings is 1. The third kappa shape index (κ3) is 1.48. The number of carbonyl (C=O) groups excluding carboxylic acids is 1. The zero-order chi connectivity index (χ0) is 7.56. The van der Waals surface area contributed by atoms with E-state index in [0.717, 1.165) is 11.3 Å². The van der Waals surface area contributed by atoms with E-state index in [9.17, 15) is 9.00 Å². The van der Waals surface area contributed by atoms with Crippen LogP contribution in [0.1, 0.15) is 9.67 Å². The Hall–Kier alpha value is -0.550. The van der Waals surface area contributed by atoms with Crippen LogP contribution in [0, 0.1) is 0 Å². The first-order valence-corrected chi connectivity index (χ1v) is 4.86. The Labute approximate surface area is 64.6 Å². The summed E-state index contributed by atoms with van der Waals surface area (Å²) >= 11 is 1.16.